The van der Waals surface area contributed by atoms with Crippen LogP contribution < -0.4 is 14.2 Å². The molecule has 2 heterocycles. The van der Waals surface area contributed by atoms with Crippen molar-refractivity contribution in [1.29, 1.82) is 0 Å². The van der Waals surface area contributed by atoms with E-state index in [9.17, 15) is 0 Å². The summed E-state index contributed by atoms with van der Waals surface area (Å²) < 4.78 is 18.4. The Morgan fingerprint density at radius 2 is 1.78 bits per heavy atom. The molecule has 0 saturated heterocycles. The van der Waals surface area contributed by atoms with E-state index in [4.69, 9.17) is 24.3 Å². The van der Waals surface area contributed by atoms with Gasteiger partial charge in [-0.25, -0.2) is 0 Å². The van der Waals surface area contributed by atoms with E-state index in [1.54, 1.807) is 21.3 Å². The summed E-state index contributed by atoms with van der Waals surface area (Å²) in [7, 11) is 6.81. The van der Waals surface area contributed by atoms with Gasteiger partial charge in [0.2, 0.25) is 5.75 Å². The van der Waals surface area contributed by atoms with E-state index in [0.29, 0.717) is 17.2 Å². The van der Waals surface area contributed by atoms with Gasteiger partial charge < -0.3 is 14.2 Å². The van der Waals surface area contributed by atoms with E-state index in [1.165, 1.54) is 11.1 Å². The minimum Gasteiger partial charge on any atom is -0.493 e. The summed E-state index contributed by atoms with van der Waals surface area (Å²) in [4.78, 5) is 4.71. The molecule has 0 saturated carbocycles. The maximum absolute atomic E-state index is 5.50. The van der Waals surface area contributed by atoms with Crippen LogP contribution in [-0.2, 0) is 13.5 Å². The Bertz CT molecular complexity index is 1040. The van der Waals surface area contributed by atoms with Crippen LogP contribution in [0.3, 0.4) is 0 Å². The zero-order valence-corrected chi connectivity index (χ0v) is 16.3. The normalized spacial score (nSPS) is 12.9. The molecule has 0 bridgehead atoms. The monoisotopic (exact) mass is 365 g/mol. The van der Waals surface area contributed by atoms with Gasteiger partial charge in [0, 0.05) is 36.2 Å². The van der Waals surface area contributed by atoms with E-state index >= 15 is 0 Å². The molecule has 0 spiro atoms. The predicted octanol–water partition coefficient (Wildman–Crippen LogP) is 4.01. The third-order valence-corrected chi connectivity index (χ3v) is 5.14. The van der Waals surface area contributed by atoms with Gasteiger partial charge in [-0.2, -0.15) is 5.10 Å². The van der Waals surface area contributed by atoms with Gasteiger partial charge in [0.15, 0.2) is 11.5 Å². The van der Waals surface area contributed by atoms with E-state index < -0.39 is 0 Å². The van der Waals surface area contributed by atoms with Gasteiger partial charge in [-0.3, -0.25) is 9.67 Å². The van der Waals surface area contributed by atoms with Crippen LogP contribution in [-0.4, -0.2) is 36.1 Å². The first-order chi connectivity index (χ1) is 13.1. The second-order valence-corrected chi connectivity index (χ2v) is 6.52. The van der Waals surface area contributed by atoms with Crippen LogP contribution in [0.4, 0.5) is 0 Å². The lowest BCUT2D eigenvalue weighted by Crippen LogP contribution is -1.97. The van der Waals surface area contributed by atoms with Crippen LogP contribution in [0, 0.1) is 0 Å². The van der Waals surface area contributed by atoms with E-state index in [-0.39, 0.29) is 0 Å². The van der Waals surface area contributed by atoms with Crippen LogP contribution in [0.15, 0.2) is 24.4 Å². The number of benzene rings is 1. The second-order valence-electron chi connectivity index (χ2n) is 6.52. The van der Waals surface area contributed by atoms with Gasteiger partial charge in [0.05, 0.1) is 32.5 Å². The first-order valence-corrected chi connectivity index (χ1v) is 8.97. The molecule has 1 aliphatic carbocycles. The standard InChI is InChI=1S/C21H23N3O3/c1-6-12-7-8-15-18(12)20-14(11-22-15)19(23-24(20)2)13-9-16(25-3)21(27-5)17(10-13)26-4/h7,9-11H,6,8H2,1-5H3. The van der Waals surface area contributed by atoms with Crippen molar-refractivity contribution in [2.24, 2.45) is 7.05 Å². The summed E-state index contributed by atoms with van der Waals surface area (Å²) in [5.74, 6) is 1.78. The molecule has 6 nitrogen and oxygen atoms in total. The average Bonchev–Trinajstić information content (AvgIpc) is 3.27. The highest BCUT2D eigenvalue weighted by molar-refractivity contribution is 6.01. The summed E-state index contributed by atoms with van der Waals surface area (Å²) in [6, 6.07) is 3.85. The molecule has 0 radical (unpaired) electrons. The summed E-state index contributed by atoms with van der Waals surface area (Å²) in [5, 5.41) is 5.83. The Morgan fingerprint density at radius 3 is 2.37 bits per heavy atom. The number of nitrogens with zero attached hydrogens (tertiary/aromatic N) is 3. The largest absolute Gasteiger partial charge is 0.493 e. The maximum atomic E-state index is 5.50. The second kappa shape index (κ2) is 6.61. The first kappa shape index (κ1) is 17.4. The van der Waals surface area contributed by atoms with Crippen molar-refractivity contribution in [3.63, 3.8) is 0 Å². The van der Waals surface area contributed by atoms with Crippen molar-refractivity contribution < 1.29 is 14.2 Å². The number of ether oxygens (including phenoxy) is 3. The zero-order chi connectivity index (χ0) is 19.1. The fraction of sp³-hybridized carbons (Fsp3) is 0.333. The number of allylic oxidation sites excluding steroid dienone is 2. The fourth-order valence-corrected chi connectivity index (χ4v) is 3.87. The van der Waals surface area contributed by atoms with Crippen LogP contribution in [0.25, 0.3) is 27.7 Å². The molecule has 2 aromatic heterocycles. The summed E-state index contributed by atoms with van der Waals surface area (Å²) in [6.07, 6.45) is 6.06. The fourth-order valence-electron chi connectivity index (χ4n) is 3.87. The lowest BCUT2D eigenvalue weighted by Gasteiger charge is -2.13. The molecule has 3 aromatic rings. The van der Waals surface area contributed by atoms with E-state index in [2.05, 4.69) is 13.0 Å². The molecule has 0 fully saturated rings. The average molecular weight is 365 g/mol. The molecule has 27 heavy (non-hydrogen) atoms. The lowest BCUT2D eigenvalue weighted by atomic mass is 10.0. The summed E-state index contributed by atoms with van der Waals surface area (Å²) in [6.45, 7) is 2.18. The molecule has 1 aliphatic rings. The number of aryl methyl sites for hydroxylation is 1. The summed E-state index contributed by atoms with van der Waals surface area (Å²) >= 11 is 0. The van der Waals surface area contributed by atoms with E-state index in [0.717, 1.165) is 40.7 Å². The molecule has 0 N–H and O–H groups in total. The molecule has 4 rings (SSSR count). The number of hydrogen-bond donors (Lipinski definition) is 0. The van der Waals surface area contributed by atoms with Gasteiger partial charge in [-0.15, -0.1) is 0 Å². The highest BCUT2D eigenvalue weighted by Gasteiger charge is 2.24. The molecular formula is C21H23N3O3. The maximum Gasteiger partial charge on any atom is 0.203 e. The third-order valence-electron chi connectivity index (χ3n) is 5.14. The highest BCUT2D eigenvalue weighted by Crippen LogP contribution is 2.43. The Balaban J connectivity index is 1.98. The number of rotatable bonds is 5. The minimum atomic E-state index is 0.569. The van der Waals surface area contributed by atoms with Crippen molar-refractivity contribution in [2.75, 3.05) is 21.3 Å². The molecule has 0 atom stereocenters. The van der Waals surface area contributed by atoms with Crippen LogP contribution >= 0.6 is 0 Å². The van der Waals surface area contributed by atoms with Crippen molar-refractivity contribution >= 4 is 16.5 Å². The topological polar surface area (TPSA) is 58.4 Å². The van der Waals surface area contributed by atoms with E-state index in [1.807, 2.05) is 30.1 Å². The first-order valence-electron chi connectivity index (χ1n) is 8.97. The van der Waals surface area contributed by atoms with Gasteiger partial charge >= 0.3 is 0 Å². The molecule has 0 unspecified atom stereocenters. The molecule has 140 valence electrons. The van der Waals surface area contributed by atoms with Crippen LogP contribution in [0.1, 0.15) is 24.6 Å². The third kappa shape index (κ3) is 2.55. The Kier molecular flexibility index (Phi) is 4.26. The van der Waals surface area contributed by atoms with Crippen LogP contribution in [0.5, 0.6) is 17.2 Å². The van der Waals surface area contributed by atoms with Crippen molar-refractivity contribution in [2.45, 2.75) is 19.8 Å². The highest BCUT2D eigenvalue weighted by atomic mass is 16.5. The molecule has 1 aromatic carbocycles. The Labute approximate surface area is 158 Å². The number of hydrogen-bond acceptors (Lipinski definition) is 5. The van der Waals surface area contributed by atoms with Crippen molar-refractivity contribution in [3.05, 3.63) is 35.7 Å². The Hall–Kier alpha value is -3.02. The van der Waals surface area contributed by atoms with Gasteiger partial charge in [0.1, 0.15) is 5.69 Å². The SMILES string of the molecule is CCC1=CCc2ncc3c(-c4cc(OC)c(OC)c(OC)c4)nn(C)c3c21. The molecule has 0 aliphatic heterocycles. The number of pyridine rings is 1. The minimum absolute atomic E-state index is 0.569. The van der Waals surface area contributed by atoms with Gasteiger partial charge in [-0.05, 0) is 24.1 Å². The molecule has 6 heteroatoms. The number of aromatic nitrogens is 3. The Morgan fingerprint density at radius 1 is 1.07 bits per heavy atom. The van der Waals surface area contributed by atoms with Gasteiger partial charge in [0.25, 0.3) is 0 Å². The van der Waals surface area contributed by atoms with Crippen LogP contribution in [0.2, 0.25) is 0 Å². The summed E-state index contributed by atoms with van der Waals surface area (Å²) in [5.41, 5.74) is 6.56. The molecule has 0 amide bonds. The number of methoxy groups -OCH3 is 3. The lowest BCUT2D eigenvalue weighted by molar-refractivity contribution is 0.324. The van der Waals surface area contributed by atoms with Crippen molar-refractivity contribution in [1.82, 2.24) is 14.8 Å². The smallest absolute Gasteiger partial charge is 0.203 e. The zero-order valence-electron chi connectivity index (χ0n) is 16.3. The quantitative estimate of drug-likeness (QED) is 0.684. The molecular weight excluding hydrogens is 342 g/mol. The number of fused-ring (bicyclic) bond motifs is 3. The van der Waals surface area contributed by atoms with Gasteiger partial charge in [-0.1, -0.05) is 13.0 Å². The predicted molar refractivity (Wildman–Crippen MR) is 106 cm³/mol. The van der Waals surface area contributed by atoms with Crippen molar-refractivity contribution in [3.8, 4) is 28.5 Å².